The highest BCUT2D eigenvalue weighted by Gasteiger charge is 2.23. The molecule has 0 radical (unpaired) electrons. The number of likely N-dealkylation sites (tertiary alicyclic amines) is 1. The largest absolute Gasteiger partial charge is 0.494 e. The van der Waals surface area contributed by atoms with E-state index in [1.165, 1.54) is 19.4 Å². The van der Waals surface area contributed by atoms with Crippen molar-refractivity contribution < 1.29 is 9.84 Å². The predicted molar refractivity (Wildman–Crippen MR) is 82.2 cm³/mol. The Labute approximate surface area is 127 Å². The number of aliphatic hydroxyl groups is 1. The fourth-order valence-electron chi connectivity index (χ4n) is 2.96. The van der Waals surface area contributed by atoms with Crippen LogP contribution in [0.2, 0.25) is 0 Å². The molecule has 0 saturated carbocycles. The van der Waals surface area contributed by atoms with E-state index < -0.39 is 0 Å². The van der Waals surface area contributed by atoms with Gasteiger partial charge < -0.3 is 14.7 Å². The second-order valence-corrected chi connectivity index (χ2v) is 5.54. The van der Waals surface area contributed by atoms with Gasteiger partial charge in [-0.25, -0.2) is 0 Å². The van der Waals surface area contributed by atoms with E-state index in [1.54, 1.807) is 12.1 Å². The average Bonchev–Trinajstić information content (AvgIpc) is 2.97. The molecule has 21 heavy (non-hydrogen) atoms. The molecule has 1 fully saturated rings. The van der Waals surface area contributed by atoms with Gasteiger partial charge in [-0.05, 0) is 56.8 Å². The van der Waals surface area contributed by atoms with Crippen LogP contribution in [-0.2, 0) is 0 Å². The molecule has 0 amide bonds. The summed E-state index contributed by atoms with van der Waals surface area (Å²) in [5.41, 5.74) is 0.635. The van der Waals surface area contributed by atoms with Gasteiger partial charge in [0, 0.05) is 19.2 Å². The molecule has 0 bridgehead atoms. The highest BCUT2D eigenvalue weighted by atomic mass is 16.5. The maximum atomic E-state index is 8.93. The minimum Gasteiger partial charge on any atom is -0.494 e. The van der Waals surface area contributed by atoms with Gasteiger partial charge in [0.25, 0.3) is 0 Å². The number of nitrogens with zero attached hydrogens (tertiary/aromatic N) is 2. The van der Waals surface area contributed by atoms with Crippen molar-refractivity contribution in [3.05, 3.63) is 29.8 Å². The minimum atomic E-state index is 0.294. The van der Waals surface area contributed by atoms with Crippen LogP contribution in [0.1, 0.15) is 37.7 Å². The molecule has 1 heterocycles. The number of aliphatic hydroxyl groups excluding tert-OH is 1. The van der Waals surface area contributed by atoms with Crippen LogP contribution in [0.4, 0.5) is 0 Å². The standard InChI is InChI=1S/C17H24N2O2/c18-14-15-5-1-8-17(13-15)21-12-4-10-19-9-2-6-16(19)7-3-11-20/h1,5,8,13,16,20H,2-4,6-7,9-12H2. The maximum Gasteiger partial charge on any atom is 0.120 e. The van der Waals surface area contributed by atoms with Gasteiger partial charge in [0.05, 0.1) is 18.2 Å². The number of hydrogen-bond donors (Lipinski definition) is 1. The summed E-state index contributed by atoms with van der Waals surface area (Å²) in [5, 5.41) is 17.8. The van der Waals surface area contributed by atoms with Crippen molar-refractivity contribution in [2.24, 2.45) is 0 Å². The first-order valence-corrected chi connectivity index (χ1v) is 7.81. The van der Waals surface area contributed by atoms with Gasteiger partial charge in [0.2, 0.25) is 0 Å². The van der Waals surface area contributed by atoms with E-state index in [9.17, 15) is 0 Å². The molecule has 0 aromatic heterocycles. The molecule has 0 aliphatic carbocycles. The Morgan fingerprint density at radius 2 is 2.29 bits per heavy atom. The van der Waals surface area contributed by atoms with E-state index in [1.807, 2.05) is 12.1 Å². The Balaban J connectivity index is 1.68. The lowest BCUT2D eigenvalue weighted by molar-refractivity contribution is 0.199. The Kier molecular flexibility index (Phi) is 6.52. The second-order valence-electron chi connectivity index (χ2n) is 5.54. The lowest BCUT2D eigenvalue weighted by atomic mass is 10.1. The van der Waals surface area contributed by atoms with Gasteiger partial charge in [0.15, 0.2) is 0 Å². The maximum absolute atomic E-state index is 8.93. The third kappa shape index (κ3) is 5.04. The first-order chi connectivity index (χ1) is 10.3. The summed E-state index contributed by atoms with van der Waals surface area (Å²) >= 11 is 0. The molecule has 4 nitrogen and oxygen atoms in total. The van der Waals surface area contributed by atoms with E-state index in [4.69, 9.17) is 15.1 Å². The summed E-state index contributed by atoms with van der Waals surface area (Å²) < 4.78 is 5.71. The van der Waals surface area contributed by atoms with Crippen LogP contribution in [-0.4, -0.2) is 42.4 Å². The molecule has 0 spiro atoms. The van der Waals surface area contributed by atoms with Crippen LogP contribution in [0, 0.1) is 11.3 Å². The van der Waals surface area contributed by atoms with Crippen molar-refractivity contribution in [3.8, 4) is 11.8 Å². The summed E-state index contributed by atoms with van der Waals surface area (Å²) in [5.74, 6) is 0.771. The SMILES string of the molecule is N#Cc1cccc(OCCCN2CCCC2CCCO)c1. The smallest absolute Gasteiger partial charge is 0.120 e. The van der Waals surface area contributed by atoms with E-state index in [0.29, 0.717) is 24.8 Å². The van der Waals surface area contributed by atoms with Gasteiger partial charge >= 0.3 is 0 Å². The highest BCUT2D eigenvalue weighted by Crippen LogP contribution is 2.21. The van der Waals surface area contributed by atoms with Gasteiger partial charge in [-0.15, -0.1) is 0 Å². The Morgan fingerprint density at radius 1 is 1.38 bits per heavy atom. The van der Waals surface area contributed by atoms with Gasteiger partial charge in [0.1, 0.15) is 5.75 Å². The summed E-state index contributed by atoms with van der Waals surface area (Å²) in [4.78, 5) is 2.52. The Morgan fingerprint density at radius 3 is 3.10 bits per heavy atom. The van der Waals surface area contributed by atoms with E-state index >= 15 is 0 Å². The van der Waals surface area contributed by atoms with Crippen LogP contribution in [0.5, 0.6) is 5.75 Å². The van der Waals surface area contributed by atoms with Crippen molar-refractivity contribution >= 4 is 0 Å². The van der Waals surface area contributed by atoms with Crippen LogP contribution in [0.15, 0.2) is 24.3 Å². The fourth-order valence-corrected chi connectivity index (χ4v) is 2.96. The average molecular weight is 288 g/mol. The van der Waals surface area contributed by atoms with Gasteiger partial charge in [-0.3, -0.25) is 0 Å². The first-order valence-electron chi connectivity index (χ1n) is 7.81. The lowest BCUT2D eigenvalue weighted by Crippen LogP contribution is -2.31. The second kappa shape index (κ2) is 8.66. The molecular weight excluding hydrogens is 264 g/mol. The normalized spacial score (nSPS) is 18.6. The van der Waals surface area contributed by atoms with E-state index in [2.05, 4.69) is 11.0 Å². The summed E-state index contributed by atoms with van der Waals surface area (Å²) in [7, 11) is 0. The molecule has 114 valence electrons. The number of ether oxygens (including phenoxy) is 1. The minimum absolute atomic E-state index is 0.294. The number of hydrogen-bond acceptors (Lipinski definition) is 4. The zero-order chi connectivity index (χ0) is 14.9. The van der Waals surface area contributed by atoms with Gasteiger partial charge in [-0.1, -0.05) is 6.07 Å². The third-order valence-corrected chi connectivity index (χ3v) is 4.02. The molecule has 1 unspecified atom stereocenters. The van der Waals surface area contributed by atoms with Crippen LogP contribution in [0.3, 0.4) is 0 Å². The van der Waals surface area contributed by atoms with E-state index in [0.717, 1.165) is 31.6 Å². The molecule has 1 saturated heterocycles. The third-order valence-electron chi connectivity index (χ3n) is 4.02. The van der Waals surface area contributed by atoms with E-state index in [-0.39, 0.29) is 0 Å². The molecular formula is C17H24N2O2. The summed E-state index contributed by atoms with van der Waals surface area (Å²) in [6, 6.07) is 10.1. The molecule has 4 heteroatoms. The monoisotopic (exact) mass is 288 g/mol. The van der Waals surface area contributed by atoms with Crippen molar-refractivity contribution in [2.75, 3.05) is 26.3 Å². The van der Waals surface area contributed by atoms with Crippen molar-refractivity contribution in [2.45, 2.75) is 38.1 Å². The van der Waals surface area contributed by atoms with Crippen LogP contribution in [0.25, 0.3) is 0 Å². The first kappa shape index (κ1) is 15.8. The topological polar surface area (TPSA) is 56.5 Å². The molecule has 1 aromatic carbocycles. The Bertz CT molecular complexity index is 470. The van der Waals surface area contributed by atoms with Crippen LogP contribution < -0.4 is 4.74 Å². The molecule has 1 aromatic rings. The van der Waals surface area contributed by atoms with Gasteiger partial charge in [-0.2, -0.15) is 5.26 Å². The number of nitriles is 1. The van der Waals surface area contributed by atoms with Crippen LogP contribution >= 0.6 is 0 Å². The molecule has 1 aliphatic heterocycles. The summed E-state index contributed by atoms with van der Waals surface area (Å²) in [6.45, 7) is 3.19. The van der Waals surface area contributed by atoms with Crippen molar-refractivity contribution in [3.63, 3.8) is 0 Å². The molecule has 1 aliphatic rings. The fraction of sp³-hybridized carbons (Fsp3) is 0.588. The summed E-state index contributed by atoms with van der Waals surface area (Å²) in [6.07, 6.45) is 5.51. The number of rotatable bonds is 8. The van der Waals surface area contributed by atoms with Crippen molar-refractivity contribution in [1.82, 2.24) is 4.90 Å². The lowest BCUT2D eigenvalue weighted by Gasteiger charge is -2.24. The predicted octanol–water partition coefficient (Wildman–Crippen LogP) is 2.56. The van der Waals surface area contributed by atoms with Crippen molar-refractivity contribution in [1.29, 1.82) is 5.26 Å². The highest BCUT2D eigenvalue weighted by molar-refractivity contribution is 5.36. The molecule has 1 atom stereocenters. The quantitative estimate of drug-likeness (QED) is 0.747. The zero-order valence-electron chi connectivity index (χ0n) is 12.5. The molecule has 2 rings (SSSR count). The molecule has 1 N–H and O–H groups in total. The Hall–Kier alpha value is -1.57. The zero-order valence-corrected chi connectivity index (χ0v) is 12.5. The number of benzene rings is 1.